The van der Waals surface area contributed by atoms with E-state index >= 15 is 0 Å². The second-order valence-electron chi connectivity index (χ2n) is 7.46. The monoisotopic (exact) mass is 398 g/mol. The molecule has 1 atom stereocenters. The smallest absolute Gasteiger partial charge is 0.458 e. The number of ether oxygens (including phenoxy) is 1. The second-order valence-corrected chi connectivity index (χ2v) is 7.46. The van der Waals surface area contributed by atoms with Crippen LogP contribution in [0, 0.1) is 6.92 Å². The Bertz CT molecular complexity index is 913. The van der Waals surface area contributed by atoms with Gasteiger partial charge in [0.25, 0.3) is 5.91 Å². The van der Waals surface area contributed by atoms with Gasteiger partial charge in [0.05, 0.1) is 17.9 Å². The number of benzene rings is 1. The average molecular weight is 398 g/mol. The quantitative estimate of drug-likeness (QED) is 0.471. The Morgan fingerprint density at radius 2 is 2.10 bits per heavy atom. The number of rotatable bonds is 6. The summed E-state index contributed by atoms with van der Waals surface area (Å²) in [6.07, 6.45) is 1.58. The topological polar surface area (TPSA) is 118 Å². The summed E-state index contributed by atoms with van der Waals surface area (Å²) in [6.45, 7) is 4.71. The number of carbonyl (C=O) groups excluding carboxylic acids is 2. The van der Waals surface area contributed by atoms with E-state index in [0.29, 0.717) is 16.7 Å². The third-order valence-corrected chi connectivity index (χ3v) is 4.80. The molecule has 1 aliphatic rings. The van der Waals surface area contributed by atoms with E-state index in [4.69, 9.17) is 9.39 Å². The second kappa shape index (κ2) is 8.32. The largest absolute Gasteiger partial charge is 0.492 e. The summed E-state index contributed by atoms with van der Waals surface area (Å²) >= 11 is 0. The van der Waals surface area contributed by atoms with Crippen LogP contribution in [0.25, 0.3) is 0 Å². The number of aliphatic hydroxyl groups is 1. The molecule has 0 aliphatic carbocycles. The Balaban J connectivity index is 1.76. The molecule has 1 aliphatic heterocycles. The molecule has 152 valence electrons. The summed E-state index contributed by atoms with van der Waals surface area (Å²) in [4.78, 5) is 29.5. The normalized spacial score (nSPS) is 14.3. The molecule has 0 bridgehead atoms. The minimum absolute atomic E-state index is 0.0798. The summed E-state index contributed by atoms with van der Waals surface area (Å²) in [6, 6.07) is 7.21. The first-order valence-electron chi connectivity index (χ1n) is 9.20. The highest BCUT2D eigenvalue weighted by Crippen LogP contribution is 2.18. The molecule has 3 N–H and O–H groups in total. The maximum atomic E-state index is 12.8. The van der Waals surface area contributed by atoms with Crippen LogP contribution in [0.3, 0.4) is 0 Å². The number of aromatic nitrogens is 1. The number of pyridine rings is 1. The zero-order chi connectivity index (χ0) is 21.2. The van der Waals surface area contributed by atoms with Crippen molar-refractivity contribution in [2.45, 2.75) is 45.6 Å². The van der Waals surface area contributed by atoms with Crippen molar-refractivity contribution in [1.82, 2.24) is 10.3 Å². The van der Waals surface area contributed by atoms with E-state index in [-0.39, 0.29) is 18.8 Å². The van der Waals surface area contributed by atoms with Crippen molar-refractivity contribution in [3.8, 4) is 0 Å². The highest BCUT2D eigenvalue weighted by Gasteiger charge is 2.37. The lowest BCUT2D eigenvalue weighted by Crippen LogP contribution is -2.55. The molecule has 1 aromatic carbocycles. The molecule has 1 aromatic heterocycles. The molecular formula is C20H23BN2O6. The van der Waals surface area contributed by atoms with Crippen molar-refractivity contribution in [3.05, 3.63) is 58.9 Å². The van der Waals surface area contributed by atoms with Gasteiger partial charge in [-0.05, 0) is 55.6 Å². The van der Waals surface area contributed by atoms with Crippen LogP contribution in [-0.2, 0) is 27.4 Å². The van der Waals surface area contributed by atoms with Crippen LogP contribution in [0.5, 0.6) is 0 Å². The van der Waals surface area contributed by atoms with Crippen molar-refractivity contribution < 1.29 is 29.1 Å². The number of nitrogens with zero attached hydrogens (tertiary/aromatic N) is 1. The molecule has 2 aromatic rings. The number of hydrogen-bond acceptors (Lipinski definition) is 7. The van der Waals surface area contributed by atoms with Gasteiger partial charge in [0, 0.05) is 11.8 Å². The highest BCUT2D eigenvalue weighted by molar-refractivity contribution is 6.62. The summed E-state index contributed by atoms with van der Waals surface area (Å²) in [5, 5.41) is 22.9. The van der Waals surface area contributed by atoms with E-state index in [2.05, 4.69) is 10.3 Å². The molecule has 0 unspecified atom stereocenters. The van der Waals surface area contributed by atoms with E-state index < -0.39 is 30.6 Å². The van der Waals surface area contributed by atoms with Crippen molar-refractivity contribution in [3.63, 3.8) is 0 Å². The standard InChI is InChI=1S/C20H23BN2O6/c1-12-15(8-7-13-10-29-21(27)16(12)13)18(24)23-17(20(2,3)26)19(25)28-11-14-6-4-5-9-22-14/h4-9,17,26-27H,10-11H2,1-3H3,(H,23,24)/t17-/m1/s1. The molecule has 8 nitrogen and oxygen atoms in total. The van der Waals surface area contributed by atoms with Crippen LogP contribution < -0.4 is 10.8 Å². The number of esters is 1. The zero-order valence-electron chi connectivity index (χ0n) is 16.5. The van der Waals surface area contributed by atoms with Gasteiger partial charge >= 0.3 is 13.1 Å². The van der Waals surface area contributed by atoms with Crippen LogP contribution in [-0.4, -0.2) is 45.8 Å². The fraction of sp³-hybridized carbons (Fsp3) is 0.350. The first kappa shape index (κ1) is 21.0. The van der Waals surface area contributed by atoms with Gasteiger partial charge in [0.1, 0.15) is 6.61 Å². The number of amides is 1. The van der Waals surface area contributed by atoms with Gasteiger partial charge in [0.2, 0.25) is 0 Å². The molecular weight excluding hydrogens is 375 g/mol. The third-order valence-electron chi connectivity index (χ3n) is 4.80. The Hall–Kier alpha value is -2.75. The Labute approximate surface area is 169 Å². The number of fused-ring (bicyclic) bond motifs is 1. The number of nitrogens with one attached hydrogen (secondary N) is 1. The van der Waals surface area contributed by atoms with Crippen molar-refractivity contribution in [1.29, 1.82) is 0 Å². The van der Waals surface area contributed by atoms with Gasteiger partial charge in [-0.15, -0.1) is 0 Å². The van der Waals surface area contributed by atoms with Crippen molar-refractivity contribution >= 4 is 24.5 Å². The number of carbonyl (C=O) groups is 2. The fourth-order valence-electron chi connectivity index (χ4n) is 3.20. The summed E-state index contributed by atoms with van der Waals surface area (Å²) < 4.78 is 10.4. The van der Waals surface area contributed by atoms with Gasteiger partial charge in [-0.1, -0.05) is 12.1 Å². The Kier molecular flexibility index (Phi) is 6.02. The van der Waals surface area contributed by atoms with E-state index in [0.717, 1.165) is 5.56 Å². The van der Waals surface area contributed by atoms with Crippen LogP contribution in [0.2, 0.25) is 0 Å². The van der Waals surface area contributed by atoms with Crippen LogP contribution >= 0.6 is 0 Å². The minimum atomic E-state index is -1.57. The molecule has 0 saturated carbocycles. The van der Waals surface area contributed by atoms with E-state index in [1.54, 1.807) is 43.5 Å². The first-order chi connectivity index (χ1) is 13.7. The van der Waals surface area contributed by atoms with Gasteiger partial charge in [-0.2, -0.15) is 0 Å². The van der Waals surface area contributed by atoms with E-state index in [1.807, 2.05) is 0 Å². The van der Waals surface area contributed by atoms with Crippen molar-refractivity contribution in [2.75, 3.05) is 0 Å². The SMILES string of the molecule is Cc1c(C(=O)N[C@H](C(=O)OCc2ccccn2)C(C)(C)O)ccc2c1B(O)OC2. The van der Waals surface area contributed by atoms with Gasteiger partial charge in [-0.25, -0.2) is 4.79 Å². The molecule has 0 radical (unpaired) electrons. The molecule has 29 heavy (non-hydrogen) atoms. The Morgan fingerprint density at radius 1 is 1.34 bits per heavy atom. The Morgan fingerprint density at radius 3 is 2.76 bits per heavy atom. The molecule has 2 heterocycles. The van der Waals surface area contributed by atoms with E-state index in [9.17, 15) is 19.7 Å². The molecule has 1 amide bonds. The number of hydrogen-bond donors (Lipinski definition) is 3. The van der Waals surface area contributed by atoms with Gasteiger partial charge in [-0.3, -0.25) is 9.78 Å². The van der Waals surface area contributed by atoms with Crippen molar-refractivity contribution in [2.24, 2.45) is 0 Å². The lowest BCUT2D eigenvalue weighted by Gasteiger charge is -2.28. The van der Waals surface area contributed by atoms with Gasteiger partial charge in [0.15, 0.2) is 6.04 Å². The average Bonchev–Trinajstić information content (AvgIpc) is 3.06. The zero-order valence-corrected chi connectivity index (χ0v) is 16.5. The molecule has 0 saturated heterocycles. The molecule has 0 fully saturated rings. The molecule has 0 spiro atoms. The van der Waals surface area contributed by atoms with Crippen LogP contribution in [0.1, 0.15) is 41.0 Å². The minimum Gasteiger partial charge on any atom is -0.458 e. The summed E-state index contributed by atoms with van der Waals surface area (Å²) in [5.41, 5.74) is 1.17. The van der Waals surface area contributed by atoms with E-state index in [1.165, 1.54) is 13.8 Å². The first-order valence-corrected chi connectivity index (χ1v) is 9.20. The predicted octanol–water partition coefficient (Wildman–Crippen LogP) is 0.220. The fourth-order valence-corrected chi connectivity index (χ4v) is 3.20. The maximum absolute atomic E-state index is 12.8. The lowest BCUT2D eigenvalue weighted by atomic mass is 9.75. The van der Waals surface area contributed by atoms with Gasteiger partial charge < -0.3 is 24.8 Å². The molecule has 9 heteroatoms. The van der Waals surface area contributed by atoms with Crippen LogP contribution in [0.4, 0.5) is 0 Å². The predicted molar refractivity (Wildman–Crippen MR) is 105 cm³/mol. The lowest BCUT2D eigenvalue weighted by molar-refractivity contribution is -0.153. The third kappa shape index (κ3) is 4.64. The van der Waals surface area contributed by atoms with Crippen LogP contribution in [0.15, 0.2) is 36.5 Å². The summed E-state index contributed by atoms with van der Waals surface area (Å²) in [7, 11) is -1.09. The maximum Gasteiger partial charge on any atom is 0.492 e. The summed E-state index contributed by atoms with van der Waals surface area (Å²) in [5.74, 6) is -1.34. The highest BCUT2D eigenvalue weighted by atomic mass is 16.5. The molecule has 3 rings (SSSR count).